The zero-order chi connectivity index (χ0) is 45.0. The van der Waals surface area contributed by atoms with Gasteiger partial charge < -0.3 is 8.98 Å². The first kappa shape index (κ1) is 39.1. The Morgan fingerprint density at radius 2 is 0.897 bits per heavy atom. The van der Waals surface area contributed by atoms with Gasteiger partial charge in [0.2, 0.25) is 0 Å². The van der Waals surface area contributed by atoms with E-state index >= 15 is 0 Å². The van der Waals surface area contributed by atoms with E-state index in [1.54, 1.807) is 0 Å². The summed E-state index contributed by atoms with van der Waals surface area (Å²) in [5, 5.41) is 4.29. The molecule has 0 aliphatic heterocycles. The van der Waals surface area contributed by atoms with Gasteiger partial charge in [0, 0.05) is 55.9 Å². The Kier molecular flexibility index (Phi) is 9.39. The highest BCUT2D eigenvalue weighted by molar-refractivity contribution is 6.27. The normalized spacial score (nSPS) is 11.5. The molecule has 0 atom stereocenters. The molecule has 0 aliphatic carbocycles. The van der Waals surface area contributed by atoms with Crippen molar-refractivity contribution in [2.24, 2.45) is 0 Å². The standard InChI is InChI=1S/C62H39N5O/c1-6-19-40(20-7-1)47-34-33-44(37-51(47)41-21-8-2-9-22-41)45-38-52(62-65-60(42-23-10-3-11-24-42)64-61(66-62)43-25-12-4-13-26-43)58(63-39-45)50-30-18-32-54-56(50)57-55(68-54)36-35-49-48-29-16-17-31-53(48)67(59(49)57)46-27-14-5-15-28-46/h1-39H. The molecular formula is C62H39N5O. The highest BCUT2D eigenvalue weighted by Crippen LogP contribution is 2.46. The first-order valence-electron chi connectivity index (χ1n) is 22.8. The van der Waals surface area contributed by atoms with Gasteiger partial charge in [-0.15, -0.1) is 0 Å². The number of pyridine rings is 1. The van der Waals surface area contributed by atoms with Crippen LogP contribution < -0.4 is 0 Å². The molecule has 318 valence electrons. The van der Waals surface area contributed by atoms with Crippen LogP contribution in [0, 0.1) is 0 Å². The van der Waals surface area contributed by atoms with Gasteiger partial charge in [-0.3, -0.25) is 4.98 Å². The lowest BCUT2D eigenvalue weighted by Gasteiger charge is -2.16. The fraction of sp³-hybridized carbons (Fsp3) is 0. The Morgan fingerprint density at radius 1 is 0.338 bits per heavy atom. The lowest BCUT2D eigenvalue weighted by Crippen LogP contribution is -2.02. The molecule has 0 fully saturated rings. The van der Waals surface area contributed by atoms with Crippen LogP contribution in [0.2, 0.25) is 0 Å². The molecule has 4 heterocycles. The number of furan rings is 1. The molecule has 9 aromatic carbocycles. The maximum absolute atomic E-state index is 6.82. The summed E-state index contributed by atoms with van der Waals surface area (Å²) in [6.45, 7) is 0. The molecule has 13 rings (SSSR count). The van der Waals surface area contributed by atoms with Crippen molar-refractivity contribution in [1.82, 2.24) is 24.5 Å². The average molecular weight is 870 g/mol. The molecule has 0 saturated carbocycles. The van der Waals surface area contributed by atoms with Crippen LogP contribution in [0.15, 0.2) is 241 Å². The lowest BCUT2D eigenvalue weighted by atomic mass is 9.90. The van der Waals surface area contributed by atoms with Crippen LogP contribution in [0.25, 0.3) is 128 Å². The third kappa shape index (κ3) is 6.66. The number of hydrogen-bond acceptors (Lipinski definition) is 5. The van der Waals surface area contributed by atoms with E-state index in [0.29, 0.717) is 17.5 Å². The average Bonchev–Trinajstić information content (AvgIpc) is 3.98. The summed E-state index contributed by atoms with van der Waals surface area (Å²) in [6.07, 6.45) is 1.99. The van der Waals surface area contributed by atoms with Crippen molar-refractivity contribution in [3.05, 3.63) is 237 Å². The third-order valence-corrected chi connectivity index (χ3v) is 12.9. The highest BCUT2D eigenvalue weighted by atomic mass is 16.3. The number of hydrogen-bond donors (Lipinski definition) is 0. The number of rotatable bonds is 8. The molecule has 0 bridgehead atoms. The van der Waals surface area contributed by atoms with Crippen LogP contribution in [0.5, 0.6) is 0 Å². The van der Waals surface area contributed by atoms with Crippen LogP contribution in [-0.4, -0.2) is 24.5 Å². The molecule has 6 nitrogen and oxygen atoms in total. The number of nitrogens with zero attached hydrogens (tertiary/aromatic N) is 5. The van der Waals surface area contributed by atoms with Crippen LogP contribution in [0.3, 0.4) is 0 Å². The molecule has 68 heavy (non-hydrogen) atoms. The molecule has 0 radical (unpaired) electrons. The van der Waals surface area contributed by atoms with Crippen LogP contribution in [0.1, 0.15) is 0 Å². The van der Waals surface area contributed by atoms with Crippen molar-refractivity contribution in [1.29, 1.82) is 0 Å². The molecule has 13 aromatic rings. The second-order valence-corrected chi connectivity index (χ2v) is 17.0. The zero-order valence-corrected chi connectivity index (χ0v) is 36.7. The maximum atomic E-state index is 6.82. The van der Waals surface area contributed by atoms with Gasteiger partial charge in [0.1, 0.15) is 11.2 Å². The number of benzene rings is 9. The van der Waals surface area contributed by atoms with Gasteiger partial charge >= 0.3 is 0 Å². The summed E-state index contributed by atoms with van der Waals surface area (Å²) in [7, 11) is 0. The van der Waals surface area contributed by atoms with Crippen molar-refractivity contribution >= 4 is 43.7 Å². The maximum Gasteiger partial charge on any atom is 0.166 e. The minimum atomic E-state index is 0.514. The van der Waals surface area contributed by atoms with Gasteiger partial charge in [-0.2, -0.15) is 0 Å². The minimum Gasteiger partial charge on any atom is -0.456 e. The smallest absolute Gasteiger partial charge is 0.166 e. The van der Waals surface area contributed by atoms with Gasteiger partial charge in [0.05, 0.1) is 22.1 Å². The summed E-state index contributed by atoms with van der Waals surface area (Å²) in [5.74, 6) is 1.66. The summed E-state index contributed by atoms with van der Waals surface area (Å²) < 4.78 is 9.19. The molecule has 0 spiro atoms. The number of aromatic nitrogens is 5. The summed E-state index contributed by atoms with van der Waals surface area (Å²) in [4.78, 5) is 21.2. The Labute approximate surface area is 392 Å². The minimum absolute atomic E-state index is 0.514. The second-order valence-electron chi connectivity index (χ2n) is 17.0. The zero-order valence-electron chi connectivity index (χ0n) is 36.7. The Bertz CT molecular complexity index is 3940. The molecule has 0 unspecified atom stereocenters. The largest absolute Gasteiger partial charge is 0.456 e. The molecule has 0 N–H and O–H groups in total. The molecule has 0 amide bonds. The van der Waals surface area contributed by atoms with Crippen LogP contribution in [-0.2, 0) is 0 Å². The van der Waals surface area contributed by atoms with E-state index in [4.69, 9.17) is 24.4 Å². The van der Waals surface area contributed by atoms with Crippen molar-refractivity contribution in [3.8, 4) is 84.5 Å². The van der Waals surface area contributed by atoms with Gasteiger partial charge in [-0.05, 0) is 76.3 Å². The quantitative estimate of drug-likeness (QED) is 0.152. The summed E-state index contributed by atoms with van der Waals surface area (Å²) in [6, 6.07) is 80.0. The Balaban J connectivity index is 1.11. The van der Waals surface area contributed by atoms with Crippen molar-refractivity contribution in [2.45, 2.75) is 0 Å². The van der Waals surface area contributed by atoms with Crippen molar-refractivity contribution < 1.29 is 4.42 Å². The third-order valence-electron chi connectivity index (χ3n) is 12.9. The monoisotopic (exact) mass is 869 g/mol. The van der Waals surface area contributed by atoms with Crippen LogP contribution in [0.4, 0.5) is 0 Å². The molecule has 6 heteroatoms. The van der Waals surface area contributed by atoms with E-state index in [-0.39, 0.29) is 0 Å². The second kappa shape index (κ2) is 16.3. The SMILES string of the molecule is c1ccc(-c2nc(-c3ccccc3)nc(-c3cc(-c4ccc(-c5ccccc5)c(-c5ccccc5)c4)cnc3-c3cccc4oc5ccc6c7ccccc7n(-c7ccccc7)c6c5c34)n2)cc1. The van der Waals surface area contributed by atoms with E-state index in [9.17, 15) is 0 Å². The first-order valence-corrected chi connectivity index (χ1v) is 22.8. The predicted molar refractivity (Wildman–Crippen MR) is 277 cm³/mol. The first-order chi connectivity index (χ1) is 33.7. The fourth-order valence-electron chi connectivity index (χ4n) is 9.79. The Hall–Kier alpha value is -9.26. The summed E-state index contributed by atoms with van der Waals surface area (Å²) >= 11 is 0. The molecular weight excluding hydrogens is 831 g/mol. The lowest BCUT2D eigenvalue weighted by molar-refractivity contribution is 0.669. The number of para-hydroxylation sites is 2. The van der Waals surface area contributed by atoms with Gasteiger partial charge in [0.25, 0.3) is 0 Å². The molecule has 4 aromatic heterocycles. The van der Waals surface area contributed by atoms with Gasteiger partial charge in [0.15, 0.2) is 17.5 Å². The van der Waals surface area contributed by atoms with E-state index in [1.165, 1.54) is 5.39 Å². The van der Waals surface area contributed by atoms with Crippen molar-refractivity contribution in [3.63, 3.8) is 0 Å². The topological polar surface area (TPSA) is 69.6 Å². The fourth-order valence-corrected chi connectivity index (χ4v) is 9.79. The summed E-state index contributed by atoms with van der Waals surface area (Å²) in [5.41, 5.74) is 15.5. The number of fused-ring (bicyclic) bond motifs is 7. The van der Waals surface area contributed by atoms with Crippen molar-refractivity contribution in [2.75, 3.05) is 0 Å². The van der Waals surface area contributed by atoms with E-state index in [1.807, 2.05) is 66.9 Å². The molecule has 0 saturated heterocycles. The molecule has 0 aliphatic rings. The predicted octanol–water partition coefficient (Wildman–Crippen LogP) is 15.9. The Morgan fingerprint density at radius 3 is 1.57 bits per heavy atom. The van der Waals surface area contributed by atoms with Gasteiger partial charge in [-0.1, -0.05) is 182 Å². The van der Waals surface area contributed by atoms with E-state index < -0.39 is 0 Å². The van der Waals surface area contributed by atoms with E-state index in [2.05, 4.69) is 174 Å². The highest BCUT2D eigenvalue weighted by Gasteiger charge is 2.25. The van der Waals surface area contributed by atoms with E-state index in [0.717, 1.165) is 105 Å². The van der Waals surface area contributed by atoms with Crippen LogP contribution >= 0.6 is 0 Å². The van der Waals surface area contributed by atoms with Gasteiger partial charge in [-0.25, -0.2) is 15.0 Å².